The molecule has 0 spiro atoms. The molecule has 0 radical (unpaired) electrons. The largest absolute Gasteiger partial charge is 0.461 e. The lowest BCUT2D eigenvalue weighted by Gasteiger charge is -2.57. The summed E-state index contributed by atoms with van der Waals surface area (Å²) < 4.78 is 6.28. The molecule has 6 rings (SSSR count). The minimum absolute atomic E-state index is 0.317. The first-order valence-electron chi connectivity index (χ1n) is 11.1. The van der Waals surface area contributed by atoms with Crippen LogP contribution >= 0.6 is 15.9 Å². The van der Waals surface area contributed by atoms with Gasteiger partial charge >= 0.3 is 5.97 Å². The van der Waals surface area contributed by atoms with E-state index in [0.29, 0.717) is 17.7 Å². The Bertz CT molecular complexity index is 884. The van der Waals surface area contributed by atoms with Crippen LogP contribution in [-0.2, 0) is 11.2 Å². The van der Waals surface area contributed by atoms with Crippen LogP contribution in [0.1, 0.15) is 68.1 Å². The summed E-state index contributed by atoms with van der Waals surface area (Å²) in [5, 5.41) is 0. The number of hydrogen-bond acceptors (Lipinski definition) is 3. The molecule has 154 valence electrons. The molecule has 0 atom stereocenters. The molecule has 5 heteroatoms. The van der Waals surface area contributed by atoms with Crippen molar-refractivity contribution < 1.29 is 9.53 Å². The molecular formula is C24H29BrN2O2. The van der Waals surface area contributed by atoms with Crippen LogP contribution in [0.3, 0.4) is 0 Å². The number of imidazole rings is 1. The van der Waals surface area contributed by atoms with Gasteiger partial charge < -0.3 is 9.72 Å². The van der Waals surface area contributed by atoms with E-state index in [4.69, 9.17) is 4.74 Å². The molecule has 0 saturated heterocycles. The molecule has 0 unspecified atom stereocenters. The predicted molar refractivity (Wildman–Crippen MR) is 117 cm³/mol. The third kappa shape index (κ3) is 3.67. The fourth-order valence-electron chi connectivity index (χ4n) is 6.73. The van der Waals surface area contributed by atoms with E-state index in [9.17, 15) is 4.79 Å². The first-order valence-corrected chi connectivity index (χ1v) is 11.9. The molecule has 4 saturated carbocycles. The van der Waals surface area contributed by atoms with Crippen molar-refractivity contribution in [1.82, 2.24) is 9.97 Å². The summed E-state index contributed by atoms with van der Waals surface area (Å²) in [6, 6.07) is 7.98. The summed E-state index contributed by atoms with van der Waals surface area (Å²) in [5.74, 6) is 3.26. The smallest absolute Gasteiger partial charge is 0.358 e. The van der Waals surface area contributed by atoms with Crippen LogP contribution in [0.2, 0.25) is 0 Å². The lowest BCUT2D eigenvalue weighted by molar-refractivity contribution is -0.0571. The SMILES string of the molecule is CCOC(=O)c1nc(-c2ccccc2Br)[nH]c1CCC12CC3CC(CC(C3)C1)C2. The molecule has 1 aromatic heterocycles. The van der Waals surface area contributed by atoms with Gasteiger partial charge in [0.15, 0.2) is 5.69 Å². The molecule has 0 aliphatic heterocycles. The van der Waals surface area contributed by atoms with Gasteiger partial charge in [-0.05, 0) is 87.5 Å². The van der Waals surface area contributed by atoms with Crippen LogP contribution in [-0.4, -0.2) is 22.5 Å². The lowest BCUT2D eigenvalue weighted by Crippen LogP contribution is -2.46. The van der Waals surface area contributed by atoms with Crippen molar-refractivity contribution in [1.29, 1.82) is 0 Å². The number of carbonyl (C=O) groups excluding carboxylic acids is 1. The van der Waals surface area contributed by atoms with E-state index in [1.54, 1.807) is 0 Å². The van der Waals surface area contributed by atoms with Gasteiger partial charge in [-0.25, -0.2) is 9.78 Å². The van der Waals surface area contributed by atoms with Gasteiger partial charge in [-0.2, -0.15) is 0 Å². The number of H-pyrrole nitrogens is 1. The van der Waals surface area contributed by atoms with Crippen molar-refractivity contribution in [2.24, 2.45) is 23.2 Å². The van der Waals surface area contributed by atoms with Crippen molar-refractivity contribution in [3.8, 4) is 11.4 Å². The molecule has 0 amide bonds. The molecule has 4 fully saturated rings. The number of hydrogen-bond donors (Lipinski definition) is 1. The number of benzene rings is 1. The summed E-state index contributed by atoms with van der Waals surface area (Å²) in [4.78, 5) is 20.7. The molecule has 1 N–H and O–H groups in total. The van der Waals surface area contributed by atoms with E-state index in [1.807, 2.05) is 31.2 Å². The molecule has 1 heterocycles. The highest BCUT2D eigenvalue weighted by Crippen LogP contribution is 2.61. The molecule has 29 heavy (non-hydrogen) atoms. The number of nitrogens with one attached hydrogen (secondary N) is 1. The van der Waals surface area contributed by atoms with E-state index in [0.717, 1.165) is 52.1 Å². The number of aromatic nitrogens is 2. The number of nitrogens with zero attached hydrogens (tertiary/aromatic N) is 1. The Balaban J connectivity index is 1.41. The quantitative estimate of drug-likeness (QED) is 0.529. The van der Waals surface area contributed by atoms with E-state index >= 15 is 0 Å². The third-order valence-electron chi connectivity index (χ3n) is 7.45. The molecule has 2 aromatic rings. The van der Waals surface area contributed by atoms with Crippen LogP contribution in [0.25, 0.3) is 11.4 Å². The highest BCUT2D eigenvalue weighted by Gasteiger charge is 2.50. The Morgan fingerprint density at radius 2 is 1.83 bits per heavy atom. The van der Waals surface area contributed by atoms with Crippen molar-refractivity contribution in [3.05, 3.63) is 40.1 Å². The second-order valence-electron chi connectivity index (χ2n) is 9.53. The van der Waals surface area contributed by atoms with Gasteiger partial charge in [-0.15, -0.1) is 0 Å². The Morgan fingerprint density at radius 1 is 1.17 bits per heavy atom. The van der Waals surface area contributed by atoms with Crippen LogP contribution < -0.4 is 0 Å². The Kier molecular flexibility index (Phi) is 5.05. The molecule has 4 aliphatic rings. The Hall–Kier alpha value is -1.62. The second kappa shape index (κ2) is 7.57. The third-order valence-corrected chi connectivity index (χ3v) is 8.14. The number of aromatic amines is 1. The number of rotatable bonds is 6. The zero-order valence-electron chi connectivity index (χ0n) is 17.0. The van der Waals surface area contributed by atoms with Crippen LogP contribution in [0.5, 0.6) is 0 Å². The summed E-state index contributed by atoms with van der Waals surface area (Å²) in [5.41, 5.74) is 2.85. The van der Waals surface area contributed by atoms with E-state index < -0.39 is 0 Å². The zero-order valence-corrected chi connectivity index (χ0v) is 18.6. The number of halogens is 1. The van der Waals surface area contributed by atoms with E-state index in [1.165, 1.54) is 38.5 Å². The maximum absolute atomic E-state index is 12.6. The summed E-state index contributed by atoms with van der Waals surface area (Å²) in [7, 11) is 0. The number of aryl methyl sites for hydroxylation is 1. The van der Waals surface area contributed by atoms with Gasteiger partial charge in [0.05, 0.1) is 6.61 Å². The fourth-order valence-corrected chi connectivity index (χ4v) is 7.20. The highest BCUT2D eigenvalue weighted by molar-refractivity contribution is 9.10. The maximum Gasteiger partial charge on any atom is 0.358 e. The van der Waals surface area contributed by atoms with Gasteiger partial charge in [0.1, 0.15) is 5.82 Å². The second-order valence-corrected chi connectivity index (χ2v) is 10.4. The lowest BCUT2D eigenvalue weighted by atomic mass is 9.48. The van der Waals surface area contributed by atoms with Crippen molar-refractivity contribution in [3.63, 3.8) is 0 Å². The minimum Gasteiger partial charge on any atom is -0.461 e. The summed E-state index contributed by atoms with van der Waals surface area (Å²) in [6.07, 6.45) is 10.6. The highest BCUT2D eigenvalue weighted by atomic mass is 79.9. The van der Waals surface area contributed by atoms with E-state index in [2.05, 4.69) is 25.9 Å². The van der Waals surface area contributed by atoms with Gasteiger partial charge in [0.2, 0.25) is 0 Å². The predicted octanol–water partition coefficient (Wildman–Crippen LogP) is 6.16. The number of carbonyl (C=O) groups is 1. The standard InChI is InChI=1S/C24H29BrN2O2/c1-2-29-23(28)21-20(26-22(27-21)18-5-3-4-6-19(18)25)7-8-24-12-15-9-16(13-24)11-17(10-15)14-24/h3-6,15-17H,2,7-14H2,1H3,(H,26,27). The number of ether oxygens (including phenoxy) is 1. The number of esters is 1. The molecule has 4 nitrogen and oxygen atoms in total. The van der Waals surface area contributed by atoms with Crippen LogP contribution in [0, 0.1) is 23.2 Å². The monoisotopic (exact) mass is 456 g/mol. The van der Waals surface area contributed by atoms with Gasteiger partial charge in [0, 0.05) is 15.7 Å². The first-order chi connectivity index (χ1) is 14.0. The van der Waals surface area contributed by atoms with Crippen LogP contribution in [0.4, 0.5) is 0 Å². The molecule has 4 bridgehead atoms. The maximum atomic E-state index is 12.6. The first kappa shape index (κ1) is 19.3. The fraction of sp³-hybridized carbons (Fsp3) is 0.583. The van der Waals surface area contributed by atoms with Crippen LogP contribution in [0.15, 0.2) is 28.7 Å². The summed E-state index contributed by atoms with van der Waals surface area (Å²) >= 11 is 3.61. The summed E-state index contributed by atoms with van der Waals surface area (Å²) in [6.45, 7) is 2.21. The average molecular weight is 457 g/mol. The Morgan fingerprint density at radius 3 is 2.45 bits per heavy atom. The normalized spacial score (nSPS) is 29.9. The zero-order chi connectivity index (χ0) is 20.0. The van der Waals surface area contributed by atoms with Crippen molar-refractivity contribution >= 4 is 21.9 Å². The van der Waals surface area contributed by atoms with Gasteiger partial charge in [0.25, 0.3) is 0 Å². The van der Waals surface area contributed by atoms with Gasteiger partial charge in [-0.3, -0.25) is 0 Å². The van der Waals surface area contributed by atoms with Gasteiger partial charge in [-0.1, -0.05) is 34.1 Å². The topological polar surface area (TPSA) is 55.0 Å². The van der Waals surface area contributed by atoms with E-state index in [-0.39, 0.29) is 5.97 Å². The molecule has 4 aliphatic carbocycles. The minimum atomic E-state index is -0.317. The van der Waals surface area contributed by atoms with Crippen molar-refractivity contribution in [2.75, 3.05) is 6.61 Å². The Labute approximate surface area is 181 Å². The molecule has 1 aromatic carbocycles. The average Bonchev–Trinajstić information content (AvgIpc) is 3.10. The molecular weight excluding hydrogens is 428 g/mol. The van der Waals surface area contributed by atoms with Crippen molar-refractivity contribution in [2.45, 2.75) is 58.3 Å².